The van der Waals surface area contributed by atoms with E-state index in [4.69, 9.17) is 16.3 Å². The molecule has 1 aliphatic heterocycles. The highest BCUT2D eigenvalue weighted by atomic mass is 35.5. The summed E-state index contributed by atoms with van der Waals surface area (Å²) < 4.78 is 5.96. The van der Waals surface area contributed by atoms with Crippen molar-refractivity contribution in [2.75, 3.05) is 32.6 Å². The number of anilines is 1. The third-order valence-electron chi connectivity index (χ3n) is 5.92. The van der Waals surface area contributed by atoms with E-state index in [1.807, 2.05) is 6.07 Å². The number of benzene rings is 1. The molecule has 29 heavy (non-hydrogen) atoms. The number of aromatic nitrogens is 4. The van der Waals surface area contributed by atoms with Crippen molar-refractivity contribution in [3.63, 3.8) is 0 Å². The van der Waals surface area contributed by atoms with Crippen LogP contribution in [0.4, 0.5) is 5.82 Å². The van der Waals surface area contributed by atoms with Gasteiger partial charge in [-0.25, -0.2) is 15.0 Å². The summed E-state index contributed by atoms with van der Waals surface area (Å²) in [6.45, 7) is 6.35. The largest absolute Gasteiger partial charge is 0.496 e. The number of fused-ring (bicyclic) bond motifs is 1. The predicted molar refractivity (Wildman–Crippen MR) is 116 cm³/mol. The molecule has 2 N–H and O–H groups in total. The predicted octanol–water partition coefficient (Wildman–Crippen LogP) is 4.31. The molecule has 3 aromatic rings. The number of halogens is 1. The van der Waals surface area contributed by atoms with E-state index in [0.29, 0.717) is 22.9 Å². The average molecular weight is 415 g/mol. The van der Waals surface area contributed by atoms with Gasteiger partial charge in [0.15, 0.2) is 11.5 Å². The lowest BCUT2D eigenvalue weighted by atomic mass is 9.84. The molecule has 1 aliphatic rings. The third-order valence-corrected chi connectivity index (χ3v) is 6.31. The lowest BCUT2D eigenvalue weighted by Gasteiger charge is -2.32. The zero-order valence-electron chi connectivity index (χ0n) is 17.3. The van der Waals surface area contributed by atoms with E-state index in [2.05, 4.69) is 51.0 Å². The van der Waals surface area contributed by atoms with Crippen LogP contribution in [0.1, 0.15) is 48.4 Å². The first-order chi connectivity index (χ1) is 14.0. The van der Waals surface area contributed by atoms with E-state index < -0.39 is 0 Å². The van der Waals surface area contributed by atoms with Gasteiger partial charge in [-0.05, 0) is 64.4 Å². The summed E-state index contributed by atoms with van der Waals surface area (Å²) in [5, 5.41) is 4.24. The molecule has 1 fully saturated rings. The molecule has 0 aliphatic carbocycles. The van der Waals surface area contributed by atoms with Crippen LogP contribution in [0.3, 0.4) is 0 Å². The molecule has 7 nitrogen and oxygen atoms in total. The smallest absolute Gasteiger partial charge is 0.162 e. The van der Waals surface area contributed by atoms with Crippen LogP contribution in [0.25, 0.3) is 11.2 Å². The Balaban J connectivity index is 1.72. The molecule has 1 saturated heterocycles. The van der Waals surface area contributed by atoms with Gasteiger partial charge in [-0.1, -0.05) is 11.6 Å². The fourth-order valence-electron chi connectivity index (χ4n) is 4.26. The van der Waals surface area contributed by atoms with Gasteiger partial charge in [0, 0.05) is 16.1 Å². The van der Waals surface area contributed by atoms with E-state index >= 15 is 0 Å². The first kappa shape index (κ1) is 19.9. The average Bonchev–Trinajstić information content (AvgIpc) is 3.20. The van der Waals surface area contributed by atoms with Gasteiger partial charge >= 0.3 is 0 Å². The van der Waals surface area contributed by atoms with Crippen molar-refractivity contribution < 1.29 is 4.74 Å². The highest BCUT2D eigenvalue weighted by molar-refractivity contribution is 6.31. The third kappa shape index (κ3) is 3.76. The van der Waals surface area contributed by atoms with Crippen LogP contribution in [0.2, 0.25) is 5.02 Å². The molecular formula is C21H27ClN6O. The Morgan fingerprint density at radius 1 is 1.28 bits per heavy atom. The number of nitrogens with one attached hydrogen (secondary N) is 2. The Kier molecular flexibility index (Phi) is 5.61. The second-order valence-electron chi connectivity index (χ2n) is 7.79. The quantitative estimate of drug-likeness (QED) is 0.647. The number of likely N-dealkylation sites (tertiary alicyclic amines) is 1. The minimum Gasteiger partial charge on any atom is -0.496 e. The van der Waals surface area contributed by atoms with Crippen molar-refractivity contribution in [2.24, 2.45) is 0 Å². The van der Waals surface area contributed by atoms with Gasteiger partial charge in [-0.2, -0.15) is 0 Å². The Hall–Kier alpha value is -2.38. The Labute approximate surface area is 175 Å². The van der Waals surface area contributed by atoms with Gasteiger partial charge in [-0.15, -0.1) is 0 Å². The van der Waals surface area contributed by atoms with E-state index in [-0.39, 0.29) is 6.04 Å². The summed E-state index contributed by atoms with van der Waals surface area (Å²) in [7, 11) is 3.92. The van der Waals surface area contributed by atoms with Crippen LogP contribution in [-0.2, 0) is 0 Å². The van der Waals surface area contributed by atoms with Gasteiger partial charge in [0.05, 0.1) is 19.5 Å². The standard InChI is InChI=1S/C21H27ClN6O/c1-12-16(22)9-15(19(29-4)17(12)14-5-7-28(3)8-6-14)13(2)27-21-18-20(24-10-23-18)25-11-26-21/h9-11,13-14H,5-8H2,1-4H3,(H2,23,24,25,26,27). The minimum absolute atomic E-state index is 0.0668. The first-order valence-electron chi connectivity index (χ1n) is 9.95. The van der Waals surface area contributed by atoms with Gasteiger partial charge in [0.2, 0.25) is 0 Å². The molecule has 0 spiro atoms. The van der Waals surface area contributed by atoms with E-state index in [1.54, 1.807) is 13.4 Å². The minimum atomic E-state index is -0.0668. The SMILES string of the molecule is COc1c(C(C)Nc2ncnc3[nH]cnc23)cc(Cl)c(C)c1C1CCN(C)CC1. The van der Waals surface area contributed by atoms with Gasteiger partial charge in [0.1, 0.15) is 17.6 Å². The second-order valence-corrected chi connectivity index (χ2v) is 8.19. The molecule has 0 bridgehead atoms. The van der Waals surface area contributed by atoms with Crippen LogP contribution in [0, 0.1) is 6.92 Å². The molecule has 154 valence electrons. The maximum Gasteiger partial charge on any atom is 0.162 e. The number of hydrogen-bond acceptors (Lipinski definition) is 6. The molecule has 3 heterocycles. The maximum absolute atomic E-state index is 6.68. The fraction of sp³-hybridized carbons (Fsp3) is 0.476. The Bertz CT molecular complexity index is 1010. The van der Waals surface area contributed by atoms with E-state index in [9.17, 15) is 0 Å². The maximum atomic E-state index is 6.68. The highest BCUT2D eigenvalue weighted by Crippen LogP contribution is 2.43. The number of H-pyrrole nitrogens is 1. The monoisotopic (exact) mass is 414 g/mol. The number of imidazole rings is 1. The molecule has 1 unspecified atom stereocenters. The lowest BCUT2D eigenvalue weighted by molar-refractivity contribution is 0.252. The molecule has 2 aromatic heterocycles. The number of methoxy groups -OCH3 is 1. The number of aromatic amines is 1. The van der Waals surface area contributed by atoms with Crippen LogP contribution in [-0.4, -0.2) is 52.1 Å². The summed E-state index contributed by atoms with van der Waals surface area (Å²) in [6, 6.07) is 1.94. The summed E-state index contributed by atoms with van der Waals surface area (Å²) >= 11 is 6.68. The fourth-order valence-corrected chi connectivity index (χ4v) is 4.48. The summed E-state index contributed by atoms with van der Waals surface area (Å²) in [4.78, 5) is 18.3. The van der Waals surface area contributed by atoms with Crippen molar-refractivity contribution in [1.82, 2.24) is 24.8 Å². The molecule has 1 atom stereocenters. The molecule has 8 heteroatoms. The molecule has 0 amide bonds. The summed E-state index contributed by atoms with van der Waals surface area (Å²) in [5.41, 5.74) is 4.80. The first-order valence-corrected chi connectivity index (χ1v) is 10.3. The van der Waals surface area contributed by atoms with Crippen LogP contribution in [0.15, 0.2) is 18.7 Å². The molecule has 0 saturated carbocycles. The molecule has 1 aromatic carbocycles. The van der Waals surface area contributed by atoms with Crippen molar-refractivity contribution in [3.8, 4) is 5.75 Å². The number of piperidine rings is 1. The summed E-state index contributed by atoms with van der Waals surface area (Å²) in [6.07, 6.45) is 5.36. The van der Waals surface area contributed by atoms with Crippen LogP contribution >= 0.6 is 11.6 Å². The van der Waals surface area contributed by atoms with E-state index in [1.165, 1.54) is 11.9 Å². The van der Waals surface area contributed by atoms with Crippen molar-refractivity contribution in [3.05, 3.63) is 40.4 Å². The number of ether oxygens (including phenoxy) is 1. The van der Waals surface area contributed by atoms with Gasteiger partial charge in [0.25, 0.3) is 0 Å². The van der Waals surface area contributed by atoms with Crippen molar-refractivity contribution in [2.45, 2.75) is 38.6 Å². The number of hydrogen-bond donors (Lipinski definition) is 2. The van der Waals surface area contributed by atoms with Gasteiger partial charge < -0.3 is 19.9 Å². The zero-order valence-corrected chi connectivity index (χ0v) is 18.0. The van der Waals surface area contributed by atoms with E-state index in [0.717, 1.165) is 47.8 Å². The lowest BCUT2D eigenvalue weighted by Crippen LogP contribution is -2.29. The topological polar surface area (TPSA) is 79.0 Å². The summed E-state index contributed by atoms with van der Waals surface area (Å²) in [5.74, 6) is 2.06. The second kappa shape index (κ2) is 8.16. The Morgan fingerprint density at radius 2 is 2.03 bits per heavy atom. The van der Waals surface area contributed by atoms with Crippen molar-refractivity contribution >= 4 is 28.6 Å². The van der Waals surface area contributed by atoms with Crippen molar-refractivity contribution in [1.29, 1.82) is 0 Å². The molecule has 0 radical (unpaired) electrons. The number of rotatable bonds is 5. The molecular weight excluding hydrogens is 388 g/mol. The zero-order chi connectivity index (χ0) is 20.5. The Morgan fingerprint density at radius 3 is 2.76 bits per heavy atom. The van der Waals surface area contributed by atoms with Crippen LogP contribution < -0.4 is 10.1 Å². The molecule has 4 rings (SSSR count). The van der Waals surface area contributed by atoms with Gasteiger partial charge in [-0.3, -0.25) is 0 Å². The number of nitrogens with zero attached hydrogens (tertiary/aromatic N) is 4. The van der Waals surface area contributed by atoms with Crippen LogP contribution in [0.5, 0.6) is 5.75 Å². The highest BCUT2D eigenvalue weighted by Gasteiger charge is 2.28. The normalized spacial score (nSPS) is 16.9.